The van der Waals surface area contributed by atoms with Crippen LogP contribution in [0.25, 0.3) is 0 Å². The Labute approximate surface area is 150 Å². The Kier molecular flexibility index (Phi) is 7.02. The number of rotatable bonds is 8. The van der Waals surface area contributed by atoms with E-state index in [1.807, 2.05) is 64.1 Å². The molecule has 1 amide bonds. The number of likely N-dealkylation sites (N-methyl/N-ethyl adjacent to an activating group) is 1. The number of carbonyl (C=O) groups excluding carboxylic acids is 1. The minimum atomic E-state index is -0.622. The van der Waals surface area contributed by atoms with E-state index in [9.17, 15) is 4.79 Å². The van der Waals surface area contributed by atoms with Crippen molar-refractivity contribution in [1.29, 1.82) is 0 Å². The smallest absolute Gasteiger partial charge is 0.253 e. The summed E-state index contributed by atoms with van der Waals surface area (Å²) >= 11 is 0. The van der Waals surface area contributed by atoms with Gasteiger partial charge in [-0.15, -0.1) is 0 Å². The maximum Gasteiger partial charge on any atom is 0.253 e. The van der Waals surface area contributed by atoms with E-state index in [1.54, 1.807) is 0 Å². The minimum absolute atomic E-state index is 0.122. The molecule has 0 aliphatic carbocycles. The van der Waals surface area contributed by atoms with Gasteiger partial charge in [0.05, 0.1) is 0 Å². The zero-order chi connectivity index (χ0) is 18.2. The lowest BCUT2D eigenvalue weighted by molar-refractivity contribution is -0.132. The quantitative estimate of drug-likeness (QED) is 0.786. The van der Waals surface area contributed by atoms with Gasteiger partial charge in [-0.25, -0.2) is 0 Å². The van der Waals surface area contributed by atoms with Crippen LogP contribution < -0.4 is 10.1 Å². The Morgan fingerprint density at radius 2 is 1.88 bits per heavy atom. The van der Waals surface area contributed by atoms with Crippen molar-refractivity contribution >= 4 is 5.91 Å². The van der Waals surface area contributed by atoms with E-state index < -0.39 is 6.10 Å². The van der Waals surface area contributed by atoms with Crippen molar-refractivity contribution in [2.75, 3.05) is 13.2 Å². The van der Waals surface area contributed by atoms with E-state index in [4.69, 9.17) is 9.47 Å². The van der Waals surface area contributed by atoms with Crippen LogP contribution in [0.2, 0.25) is 0 Å². The predicted octanol–water partition coefficient (Wildman–Crippen LogP) is 4.10. The fourth-order valence-electron chi connectivity index (χ4n) is 2.68. The molecule has 0 spiro atoms. The van der Waals surface area contributed by atoms with Crippen LogP contribution in [0.4, 0.5) is 0 Å². The molecule has 0 aliphatic rings. The van der Waals surface area contributed by atoms with Gasteiger partial charge in [0, 0.05) is 13.2 Å². The first kappa shape index (κ1) is 19.0. The highest BCUT2D eigenvalue weighted by Crippen LogP contribution is 2.25. The molecule has 0 aromatic heterocycles. The molecule has 0 bridgehead atoms. The molecule has 1 atom stereocenters. The van der Waals surface area contributed by atoms with Gasteiger partial charge in [0.15, 0.2) is 6.10 Å². The molecule has 0 radical (unpaired) electrons. The van der Waals surface area contributed by atoms with E-state index in [-0.39, 0.29) is 5.91 Å². The summed E-state index contributed by atoms with van der Waals surface area (Å²) in [7, 11) is 0. The van der Waals surface area contributed by atoms with Gasteiger partial charge in [-0.2, -0.15) is 0 Å². The van der Waals surface area contributed by atoms with E-state index in [0.717, 1.165) is 28.0 Å². The molecule has 1 unspecified atom stereocenters. The van der Waals surface area contributed by atoms with Gasteiger partial charge in [-0.05, 0) is 56.0 Å². The second-order valence-electron chi connectivity index (χ2n) is 5.99. The summed E-state index contributed by atoms with van der Waals surface area (Å²) in [5.74, 6) is 0.740. The summed E-state index contributed by atoms with van der Waals surface area (Å²) < 4.78 is 11.7. The summed E-state index contributed by atoms with van der Waals surface area (Å²) in [5.41, 5.74) is 4.05. The second kappa shape index (κ2) is 9.23. The molecule has 0 saturated carbocycles. The molecule has 0 fully saturated rings. The van der Waals surface area contributed by atoms with Crippen LogP contribution in [0.5, 0.6) is 5.75 Å². The summed E-state index contributed by atoms with van der Waals surface area (Å²) in [4.78, 5) is 12.4. The topological polar surface area (TPSA) is 47.6 Å². The SMILES string of the molecule is CCNC(=O)C(OCC)c1ccccc1COc1cc(C)ccc1C. The molecule has 4 heteroatoms. The highest BCUT2D eigenvalue weighted by Gasteiger charge is 2.23. The second-order valence-corrected chi connectivity index (χ2v) is 5.99. The van der Waals surface area contributed by atoms with Crippen LogP contribution in [0.15, 0.2) is 42.5 Å². The third kappa shape index (κ3) is 5.07. The lowest BCUT2D eigenvalue weighted by atomic mass is 10.0. The van der Waals surface area contributed by atoms with Crippen molar-refractivity contribution in [2.24, 2.45) is 0 Å². The molecule has 0 saturated heterocycles. The van der Waals surface area contributed by atoms with Gasteiger partial charge in [0.1, 0.15) is 12.4 Å². The van der Waals surface area contributed by atoms with Crippen LogP contribution >= 0.6 is 0 Å². The largest absolute Gasteiger partial charge is 0.489 e. The Bertz CT molecular complexity index is 712. The summed E-state index contributed by atoms with van der Waals surface area (Å²) in [6.45, 7) is 9.29. The van der Waals surface area contributed by atoms with Crippen LogP contribution in [0, 0.1) is 13.8 Å². The van der Waals surface area contributed by atoms with Crippen LogP contribution in [0.1, 0.15) is 42.2 Å². The Morgan fingerprint density at radius 1 is 1.12 bits per heavy atom. The molecule has 2 rings (SSSR count). The van der Waals surface area contributed by atoms with Crippen LogP contribution in [0.3, 0.4) is 0 Å². The van der Waals surface area contributed by atoms with Gasteiger partial charge in [0.25, 0.3) is 5.91 Å². The fraction of sp³-hybridized carbons (Fsp3) is 0.381. The zero-order valence-corrected chi connectivity index (χ0v) is 15.5. The predicted molar refractivity (Wildman–Crippen MR) is 99.7 cm³/mol. The molecule has 4 nitrogen and oxygen atoms in total. The third-order valence-corrected chi connectivity index (χ3v) is 3.99. The first-order valence-electron chi connectivity index (χ1n) is 8.74. The van der Waals surface area contributed by atoms with Crippen molar-refractivity contribution in [2.45, 2.75) is 40.4 Å². The van der Waals surface area contributed by atoms with E-state index in [2.05, 4.69) is 11.4 Å². The fourth-order valence-corrected chi connectivity index (χ4v) is 2.68. The first-order valence-corrected chi connectivity index (χ1v) is 8.74. The molecule has 2 aromatic carbocycles. The summed E-state index contributed by atoms with van der Waals surface area (Å²) in [6.07, 6.45) is -0.622. The van der Waals surface area contributed by atoms with Gasteiger partial charge in [-0.1, -0.05) is 36.4 Å². The van der Waals surface area contributed by atoms with Gasteiger partial charge < -0.3 is 14.8 Å². The Balaban J connectivity index is 2.24. The molecule has 1 N–H and O–H groups in total. The average Bonchev–Trinajstić information content (AvgIpc) is 2.61. The number of amides is 1. The van der Waals surface area contributed by atoms with Crippen LogP contribution in [-0.4, -0.2) is 19.1 Å². The number of benzene rings is 2. The minimum Gasteiger partial charge on any atom is -0.489 e. The van der Waals surface area contributed by atoms with Crippen molar-refractivity contribution < 1.29 is 14.3 Å². The van der Waals surface area contributed by atoms with E-state index in [0.29, 0.717) is 19.8 Å². The highest BCUT2D eigenvalue weighted by atomic mass is 16.5. The number of hydrogen-bond acceptors (Lipinski definition) is 3. The molecular weight excluding hydrogens is 314 g/mol. The Morgan fingerprint density at radius 3 is 2.60 bits per heavy atom. The first-order chi connectivity index (χ1) is 12.1. The van der Waals surface area contributed by atoms with Crippen molar-refractivity contribution in [3.8, 4) is 5.75 Å². The Hall–Kier alpha value is -2.33. The van der Waals surface area contributed by atoms with Gasteiger partial charge in [-0.3, -0.25) is 4.79 Å². The average molecular weight is 341 g/mol. The standard InChI is InChI=1S/C21H27NO3/c1-5-22-21(23)20(24-6-2)18-10-8-7-9-17(18)14-25-19-13-15(3)11-12-16(19)4/h7-13,20H,5-6,14H2,1-4H3,(H,22,23). The molecule has 134 valence electrons. The van der Waals surface area contributed by atoms with Gasteiger partial charge in [0.2, 0.25) is 0 Å². The van der Waals surface area contributed by atoms with Gasteiger partial charge >= 0.3 is 0 Å². The van der Waals surface area contributed by atoms with E-state index >= 15 is 0 Å². The van der Waals surface area contributed by atoms with Crippen molar-refractivity contribution in [1.82, 2.24) is 5.32 Å². The number of aryl methyl sites for hydroxylation is 2. The van der Waals surface area contributed by atoms with Crippen molar-refractivity contribution in [3.63, 3.8) is 0 Å². The third-order valence-electron chi connectivity index (χ3n) is 3.99. The number of ether oxygens (including phenoxy) is 2. The molecule has 2 aromatic rings. The van der Waals surface area contributed by atoms with E-state index in [1.165, 1.54) is 0 Å². The lowest BCUT2D eigenvalue weighted by Gasteiger charge is -2.20. The summed E-state index contributed by atoms with van der Waals surface area (Å²) in [6, 6.07) is 13.9. The zero-order valence-electron chi connectivity index (χ0n) is 15.5. The normalized spacial score (nSPS) is 11.8. The molecular formula is C21H27NO3. The maximum atomic E-state index is 12.4. The molecule has 0 heterocycles. The monoisotopic (exact) mass is 341 g/mol. The maximum absolute atomic E-state index is 12.4. The molecule has 0 aliphatic heterocycles. The summed E-state index contributed by atoms with van der Waals surface area (Å²) in [5, 5.41) is 2.84. The number of hydrogen-bond donors (Lipinski definition) is 1. The molecule has 25 heavy (non-hydrogen) atoms. The number of nitrogens with one attached hydrogen (secondary N) is 1. The lowest BCUT2D eigenvalue weighted by Crippen LogP contribution is -2.31. The highest BCUT2D eigenvalue weighted by molar-refractivity contribution is 5.82. The van der Waals surface area contributed by atoms with Crippen molar-refractivity contribution in [3.05, 3.63) is 64.7 Å². The van der Waals surface area contributed by atoms with Crippen LogP contribution in [-0.2, 0) is 16.1 Å². The number of carbonyl (C=O) groups is 1.